The van der Waals surface area contributed by atoms with Crippen LogP contribution in [0.2, 0.25) is 0 Å². The molecule has 0 aromatic carbocycles. The maximum absolute atomic E-state index is 11.3. The molecule has 6 nitrogen and oxygen atoms in total. The number of nitrogens with zero attached hydrogens (tertiary/aromatic N) is 1. The number of carbonyl (C=O) groups is 1. The van der Waals surface area contributed by atoms with Crippen molar-refractivity contribution in [2.45, 2.75) is 33.0 Å². The SMILES string of the molecule is CC(C)(C)OC(=O)Nc1[nH]ncc1CO. The van der Waals surface area contributed by atoms with E-state index < -0.39 is 11.7 Å². The second-order valence-electron chi connectivity index (χ2n) is 4.06. The number of carbonyl (C=O) groups excluding carboxylic acids is 1. The topological polar surface area (TPSA) is 87.2 Å². The molecule has 0 spiro atoms. The number of ether oxygens (including phenoxy) is 1. The molecule has 1 rings (SSSR count). The molecule has 84 valence electrons. The van der Waals surface area contributed by atoms with Gasteiger partial charge < -0.3 is 9.84 Å². The summed E-state index contributed by atoms with van der Waals surface area (Å²) >= 11 is 0. The van der Waals surface area contributed by atoms with E-state index in [1.165, 1.54) is 6.20 Å². The minimum atomic E-state index is -0.582. The average molecular weight is 213 g/mol. The van der Waals surface area contributed by atoms with E-state index in [2.05, 4.69) is 15.5 Å². The molecule has 0 bridgehead atoms. The fourth-order valence-electron chi connectivity index (χ4n) is 0.945. The second kappa shape index (κ2) is 4.31. The third-order valence-corrected chi connectivity index (χ3v) is 1.51. The fraction of sp³-hybridized carbons (Fsp3) is 0.556. The molecule has 1 aromatic heterocycles. The molecule has 6 heteroatoms. The van der Waals surface area contributed by atoms with Gasteiger partial charge in [0.15, 0.2) is 0 Å². The zero-order valence-electron chi connectivity index (χ0n) is 9.00. The smallest absolute Gasteiger partial charge is 0.413 e. The standard InChI is InChI=1S/C9H15N3O3/c1-9(2,3)15-8(14)11-7-6(5-13)4-10-12-7/h4,13H,5H2,1-3H3,(H2,10,11,12,14). The van der Waals surface area contributed by atoms with E-state index in [0.717, 1.165) is 0 Å². The predicted octanol–water partition coefficient (Wildman–Crippen LogP) is 1.25. The van der Waals surface area contributed by atoms with Crippen molar-refractivity contribution in [3.8, 4) is 0 Å². The zero-order valence-corrected chi connectivity index (χ0v) is 9.00. The summed E-state index contributed by atoms with van der Waals surface area (Å²) in [4.78, 5) is 11.3. The van der Waals surface area contributed by atoms with Crippen molar-refractivity contribution in [3.63, 3.8) is 0 Å². The summed E-state index contributed by atoms with van der Waals surface area (Å²) in [7, 11) is 0. The van der Waals surface area contributed by atoms with Gasteiger partial charge in [0, 0.05) is 5.56 Å². The lowest BCUT2D eigenvalue weighted by Crippen LogP contribution is -2.27. The molecule has 0 fully saturated rings. The van der Waals surface area contributed by atoms with Crippen LogP contribution in [0.1, 0.15) is 26.3 Å². The number of aliphatic hydroxyl groups is 1. The van der Waals surface area contributed by atoms with Crippen LogP contribution in [-0.4, -0.2) is 27.0 Å². The van der Waals surface area contributed by atoms with Gasteiger partial charge in [0.1, 0.15) is 11.4 Å². The number of hydrogen-bond donors (Lipinski definition) is 3. The van der Waals surface area contributed by atoms with Crippen molar-refractivity contribution in [3.05, 3.63) is 11.8 Å². The number of aromatic nitrogens is 2. The number of amides is 1. The Kier molecular flexibility index (Phi) is 3.31. The number of hydrogen-bond acceptors (Lipinski definition) is 4. The third-order valence-electron chi connectivity index (χ3n) is 1.51. The van der Waals surface area contributed by atoms with E-state index in [9.17, 15) is 4.79 Å². The number of anilines is 1. The van der Waals surface area contributed by atoms with E-state index in [1.54, 1.807) is 20.8 Å². The highest BCUT2D eigenvalue weighted by molar-refractivity contribution is 5.84. The van der Waals surface area contributed by atoms with Gasteiger partial charge in [-0.1, -0.05) is 0 Å². The summed E-state index contributed by atoms with van der Waals surface area (Å²) in [5.41, 5.74) is -0.0374. The largest absolute Gasteiger partial charge is 0.444 e. The Balaban J connectivity index is 2.59. The predicted molar refractivity (Wildman–Crippen MR) is 54.4 cm³/mol. The summed E-state index contributed by atoms with van der Waals surface area (Å²) in [5, 5.41) is 17.6. The van der Waals surface area contributed by atoms with E-state index >= 15 is 0 Å². The van der Waals surface area contributed by atoms with Crippen LogP contribution in [0.3, 0.4) is 0 Å². The summed E-state index contributed by atoms with van der Waals surface area (Å²) in [6.07, 6.45) is 0.855. The molecular weight excluding hydrogens is 198 g/mol. The van der Waals surface area contributed by atoms with Gasteiger partial charge >= 0.3 is 6.09 Å². The Morgan fingerprint density at radius 1 is 1.67 bits per heavy atom. The van der Waals surface area contributed by atoms with E-state index in [4.69, 9.17) is 9.84 Å². The van der Waals surface area contributed by atoms with Crippen LogP contribution < -0.4 is 5.32 Å². The molecule has 0 aliphatic heterocycles. The molecule has 0 aliphatic rings. The van der Waals surface area contributed by atoms with Crippen LogP contribution in [0.5, 0.6) is 0 Å². The van der Waals surface area contributed by atoms with Gasteiger partial charge in [-0.05, 0) is 20.8 Å². The molecule has 1 heterocycles. The van der Waals surface area contributed by atoms with Gasteiger partial charge in [-0.3, -0.25) is 10.4 Å². The molecule has 1 amide bonds. The molecule has 0 saturated heterocycles. The van der Waals surface area contributed by atoms with Gasteiger partial charge in [0.25, 0.3) is 0 Å². The highest BCUT2D eigenvalue weighted by atomic mass is 16.6. The first-order valence-electron chi connectivity index (χ1n) is 4.55. The summed E-state index contributed by atoms with van der Waals surface area (Å²) in [6.45, 7) is 5.12. The monoisotopic (exact) mass is 213 g/mol. The molecule has 15 heavy (non-hydrogen) atoms. The molecular formula is C9H15N3O3. The van der Waals surface area contributed by atoms with Crippen molar-refractivity contribution in [2.24, 2.45) is 0 Å². The van der Waals surface area contributed by atoms with Crippen molar-refractivity contribution < 1.29 is 14.6 Å². The van der Waals surface area contributed by atoms with Crippen molar-refractivity contribution >= 4 is 11.9 Å². The lowest BCUT2D eigenvalue weighted by molar-refractivity contribution is 0.0635. The number of aliphatic hydroxyl groups excluding tert-OH is 1. The lowest BCUT2D eigenvalue weighted by Gasteiger charge is -2.19. The van der Waals surface area contributed by atoms with Crippen LogP contribution in [0.25, 0.3) is 0 Å². The first-order chi connectivity index (χ1) is 6.92. The van der Waals surface area contributed by atoms with Crippen molar-refractivity contribution in [1.29, 1.82) is 0 Å². The fourth-order valence-corrected chi connectivity index (χ4v) is 0.945. The number of nitrogens with one attached hydrogen (secondary N) is 2. The number of aromatic amines is 1. The highest BCUT2D eigenvalue weighted by Crippen LogP contribution is 2.13. The summed E-state index contributed by atoms with van der Waals surface area (Å²) in [6, 6.07) is 0. The van der Waals surface area contributed by atoms with E-state index in [-0.39, 0.29) is 6.61 Å². The van der Waals surface area contributed by atoms with Crippen LogP contribution in [0.4, 0.5) is 10.6 Å². The Bertz CT molecular complexity index is 341. The molecule has 1 aromatic rings. The second-order valence-corrected chi connectivity index (χ2v) is 4.06. The number of rotatable bonds is 2. The van der Waals surface area contributed by atoms with Crippen LogP contribution in [-0.2, 0) is 11.3 Å². The maximum atomic E-state index is 11.3. The zero-order chi connectivity index (χ0) is 11.5. The summed E-state index contributed by atoms with van der Waals surface area (Å²) in [5.74, 6) is 0.353. The Labute approximate surface area is 87.6 Å². The van der Waals surface area contributed by atoms with Crippen molar-refractivity contribution in [1.82, 2.24) is 10.2 Å². The van der Waals surface area contributed by atoms with Crippen LogP contribution in [0.15, 0.2) is 6.20 Å². The molecule has 3 N–H and O–H groups in total. The quantitative estimate of drug-likeness (QED) is 0.690. The average Bonchev–Trinajstić information content (AvgIpc) is 2.48. The minimum absolute atomic E-state index is 0.193. The lowest BCUT2D eigenvalue weighted by atomic mass is 10.2. The third kappa shape index (κ3) is 3.59. The number of H-pyrrole nitrogens is 1. The molecule has 0 saturated carbocycles. The van der Waals surface area contributed by atoms with Gasteiger partial charge in [-0.25, -0.2) is 4.79 Å². The first kappa shape index (κ1) is 11.5. The molecule has 0 radical (unpaired) electrons. The molecule has 0 aliphatic carbocycles. The van der Waals surface area contributed by atoms with Crippen LogP contribution >= 0.6 is 0 Å². The maximum Gasteiger partial charge on any atom is 0.413 e. The Morgan fingerprint density at radius 2 is 2.33 bits per heavy atom. The van der Waals surface area contributed by atoms with Gasteiger partial charge in [-0.15, -0.1) is 0 Å². The first-order valence-corrected chi connectivity index (χ1v) is 4.55. The summed E-state index contributed by atoms with van der Waals surface area (Å²) < 4.78 is 5.03. The van der Waals surface area contributed by atoms with Crippen LogP contribution in [0, 0.1) is 0 Å². The normalized spacial score (nSPS) is 11.2. The molecule has 0 atom stereocenters. The minimum Gasteiger partial charge on any atom is -0.444 e. The van der Waals surface area contributed by atoms with Gasteiger partial charge in [-0.2, -0.15) is 5.10 Å². The molecule has 0 unspecified atom stereocenters. The van der Waals surface area contributed by atoms with Gasteiger partial charge in [0.2, 0.25) is 0 Å². The van der Waals surface area contributed by atoms with Crippen molar-refractivity contribution in [2.75, 3.05) is 5.32 Å². The Morgan fingerprint density at radius 3 is 2.87 bits per heavy atom. The highest BCUT2D eigenvalue weighted by Gasteiger charge is 2.17. The van der Waals surface area contributed by atoms with Gasteiger partial charge in [0.05, 0.1) is 12.8 Å². The van der Waals surface area contributed by atoms with E-state index in [1.807, 2.05) is 0 Å². The van der Waals surface area contributed by atoms with E-state index in [0.29, 0.717) is 11.4 Å². The Hall–Kier alpha value is -1.56.